The van der Waals surface area contributed by atoms with Gasteiger partial charge in [-0.2, -0.15) is 4.98 Å². The molecule has 1 aliphatic heterocycles. The fourth-order valence-electron chi connectivity index (χ4n) is 2.97. The molecule has 3 rings (SSSR count). The number of nitrogens with one attached hydrogen (secondary N) is 1. The lowest BCUT2D eigenvalue weighted by atomic mass is 10.1. The Bertz CT molecular complexity index is 734. The first-order valence-electron chi connectivity index (χ1n) is 9.25. The maximum Gasteiger partial charge on any atom is 0.241 e. The summed E-state index contributed by atoms with van der Waals surface area (Å²) in [5.74, 6) is 1.35. The minimum Gasteiger partial charge on any atom is -0.383 e. The van der Waals surface area contributed by atoms with E-state index < -0.39 is 0 Å². The number of nitrogens with zero attached hydrogens (tertiary/aromatic N) is 4. The van der Waals surface area contributed by atoms with Gasteiger partial charge in [0.25, 0.3) is 0 Å². The zero-order chi connectivity index (χ0) is 19.1. The number of aryl methyl sites for hydroxylation is 1. The predicted molar refractivity (Wildman–Crippen MR) is 116 cm³/mol. The number of amides is 1. The Morgan fingerprint density at radius 2 is 1.86 bits per heavy atom. The summed E-state index contributed by atoms with van der Waals surface area (Å²) < 4.78 is 10.4. The first-order chi connectivity index (χ1) is 13.2. The van der Waals surface area contributed by atoms with Crippen LogP contribution >= 0.6 is 24.8 Å². The summed E-state index contributed by atoms with van der Waals surface area (Å²) >= 11 is 0. The van der Waals surface area contributed by atoms with E-state index >= 15 is 0 Å². The van der Waals surface area contributed by atoms with Crippen molar-refractivity contribution in [1.29, 1.82) is 0 Å². The van der Waals surface area contributed by atoms with Gasteiger partial charge >= 0.3 is 0 Å². The van der Waals surface area contributed by atoms with Crippen molar-refractivity contribution in [2.24, 2.45) is 0 Å². The van der Waals surface area contributed by atoms with Crippen LogP contribution in [-0.2, 0) is 16.1 Å². The van der Waals surface area contributed by atoms with Crippen molar-refractivity contribution < 1.29 is 14.1 Å². The average molecular weight is 446 g/mol. The molecule has 1 N–H and O–H groups in total. The molecule has 1 saturated heterocycles. The summed E-state index contributed by atoms with van der Waals surface area (Å²) in [5, 5.41) is 7.17. The van der Waals surface area contributed by atoms with E-state index in [9.17, 15) is 4.79 Å². The molecule has 1 aromatic carbocycles. The van der Waals surface area contributed by atoms with Crippen LogP contribution in [0.2, 0.25) is 0 Å². The van der Waals surface area contributed by atoms with Crippen LogP contribution in [0, 0.1) is 6.92 Å². The molecule has 1 amide bonds. The van der Waals surface area contributed by atoms with Gasteiger partial charge in [0.1, 0.15) is 0 Å². The Balaban J connectivity index is 0.00000210. The quantitative estimate of drug-likeness (QED) is 0.619. The molecule has 162 valence electrons. The van der Waals surface area contributed by atoms with Gasteiger partial charge in [-0.1, -0.05) is 35.0 Å². The predicted octanol–water partition coefficient (Wildman–Crippen LogP) is 1.77. The molecule has 10 heteroatoms. The molecule has 0 atom stereocenters. The zero-order valence-electron chi connectivity index (χ0n) is 16.8. The third kappa shape index (κ3) is 7.56. The lowest BCUT2D eigenvalue weighted by molar-refractivity contribution is -0.132. The molecule has 1 fully saturated rings. The van der Waals surface area contributed by atoms with Gasteiger partial charge < -0.3 is 19.5 Å². The molecule has 0 spiro atoms. The van der Waals surface area contributed by atoms with Gasteiger partial charge in [-0.15, -0.1) is 24.8 Å². The number of carbonyl (C=O) groups excluding carboxylic acids is 1. The Hall–Kier alpha value is -1.71. The van der Waals surface area contributed by atoms with Crippen LogP contribution in [0.3, 0.4) is 0 Å². The maximum atomic E-state index is 12.2. The van der Waals surface area contributed by atoms with Crippen LogP contribution in [-0.4, -0.2) is 78.8 Å². The first-order valence-corrected chi connectivity index (χ1v) is 9.25. The molecule has 2 aromatic rings. The van der Waals surface area contributed by atoms with E-state index in [4.69, 9.17) is 9.26 Å². The van der Waals surface area contributed by atoms with Crippen LogP contribution in [0.25, 0.3) is 11.4 Å². The topological polar surface area (TPSA) is 83.7 Å². The number of halogens is 2. The number of benzene rings is 1. The summed E-state index contributed by atoms with van der Waals surface area (Å²) in [6.07, 6.45) is 0. The number of rotatable bonds is 8. The average Bonchev–Trinajstić information content (AvgIpc) is 3.15. The molecule has 1 aliphatic rings. The highest BCUT2D eigenvalue weighted by Crippen LogP contribution is 2.17. The Labute approximate surface area is 183 Å². The minimum atomic E-state index is 0. The highest BCUT2D eigenvalue weighted by atomic mass is 35.5. The van der Waals surface area contributed by atoms with Gasteiger partial charge in [-0.3, -0.25) is 9.69 Å². The molecule has 0 aliphatic carbocycles. The molecular formula is C19H29Cl2N5O3. The third-order valence-corrected chi connectivity index (χ3v) is 4.62. The number of piperazine rings is 1. The summed E-state index contributed by atoms with van der Waals surface area (Å²) in [6, 6.07) is 8.06. The van der Waals surface area contributed by atoms with Gasteiger partial charge in [-0.25, -0.2) is 0 Å². The smallest absolute Gasteiger partial charge is 0.241 e. The number of hydrogen-bond acceptors (Lipinski definition) is 7. The van der Waals surface area contributed by atoms with Gasteiger partial charge in [0.15, 0.2) is 0 Å². The largest absolute Gasteiger partial charge is 0.383 e. The van der Waals surface area contributed by atoms with E-state index in [1.165, 1.54) is 5.56 Å². The molecule has 1 aromatic heterocycles. The number of carbonyl (C=O) groups is 1. The minimum absolute atomic E-state index is 0. The second kappa shape index (κ2) is 12.8. The summed E-state index contributed by atoms with van der Waals surface area (Å²) in [5.41, 5.74) is 2.15. The second-order valence-electron chi connectivity index (χ2n) is 6.70. The number of ether oxygens (including phenoxy) is 1. The van der Waals surface area contributed by atoms with Crippen molar-refractivity contribution in [3.8, 4) is 11.4 Å². The van der Waals surface area contributed by atoms with Crippen molar-refractivity contribution >= 4 is 30.7 Å². The standard InChI is InChI=1S/C19H27N5O3.2ClH/c1-15-3-5-16(6-4-15)19-21-17(27-22-19)14-23-8-10-24(11-9-23)18(25)13-20-7-12-26-2;;/h3-6,20H,7-14H2,1-2H3;2*1H. The van der Waals surface area contributed by atoms with Crippen molar-refractivity contribution in [1.82, 2.24) is 25.3 Å². The van der Waals surface area contributed by atoms with E-state index in [1.54, 1.807) is 7.11 Å². The highest BCUT2D eigenvalue weighted by molar-refractivity contribution is 5.85. The molecule has 0 saturated carbocycles. The fourth-order valence-corrected chi connectivity index (χ4v) is 2.97. The normalized spacial score (nSPS) is 14.2. The second-order valence-corrected chi connectivity index (χ2v) is 6.70. The third-order valence-electron chi connectivity index (χ3n) is 4.62. The van der Waals surface area contributed by atoms with Gasteiger partial charge in [0.05, 0.1) is 19.7 Å². The molecule has 0 bridgehead atoms. The van der Waals surface area contributed by atoms with Crippen LogP contribution < -0.4 is 5.32 Å². The number of aromatic nitrogens is 2. The van der Waals surface area contributed by atoms with E-state index in [1.807, 2.05) is 36.1 Å². The van der Waals surface area contributed by atoms with Crippen LogP contribution in [0.15, 0.2) is 28.8 Å². The van der Waals surface area contributed by atoms with Gasteiger partial charge in [0, 0.05) is 45.4 Å². The Kier molecular flexibility index (Phi) is 11.2. The zero-order valence-corrected chi connectivity index (χ0v) is 18.4. The van der Waals surface area contributed by atoms with Crippen LogP contribution in [0.5, 0.6) is 0 Å². The Morgan fingerprint density at radius 1 is 1.17 bits per heavy atom. The lowest BCUT2D eigenvalue weighted by Crippen LogP contribution is -2.50. The highest BCUT2D eigenvalue weighted by Gasteiger charge is 2.22. The van der Waals surface area contributed by atoms with Crippen LogP contribution in [0.4, 0.5) is 0 Å². The summed E-state index contributed by atoms with van der Waals surface area (Å²) in [6.45, 7) is 7.32. The first kappa shape index (κ1) is 25.3. The van der Waals surface area contributed by atoms with Crippen molar-refractivity contribution in [3.63, 3.8) is 0 Å². The molecule has 0 radical (unpaired) electrons. The number of hydrogen-bond donors (Lipinski definition) is 1. The monoisotopic (exact) mass is 445 g/mol. The van der Waals surface area contributed by atoms with Gasteiger partial charge in [0.2, 0.25) is 17.6 Å². The molecule has 0 unspecified atom stereocenters. The van der Waals surface area contributed by atoms with E-state index in [2.05, 4.69) is 20.4 Å². The number of methoxy groups -OCH3 is 1. The summed E-state index contributed by atoms with van der Waals surface area (Å²) in [7, 11) is 1.65. The molecule has 29 heavy (non-hydrogen) atoms. The van der Waals surface area contributed by atoms with E-state index in [0.717, 1.165) is 18.7 Å². The lowest BCUT2D eigenvalue weighted by Gasteiger charge is -2.34. The van der Waals surface area contributed by atoms with Crippen molar-refractivity contribution in [2.75, 3.05) is 53.0 Å². The molecular weight excluding hydrogens is 417 g/mol. The van der Waals surface area contributed by atoms with Gasteiger partial charge in [-0.05, 0) is 6.92 Å². The van der Waals surface area contributed by atoms with E-state index in [-0.39, 0.29) is 30.7 Å². The fraction of sp³-hybridized carbons (Fsp3) is 0.526. The van der Waals surface area contributed by atoms with Crippen molar-refractivity contribution in [3.05, 3.63) is 35.7 Å². The molecule has 2 heterocycles. The Morgan fingerprint density at radius 3 is 2.52 bits per heavy atom. The van der Waals surface area contributed by atoms with Crippen LogP contribution in [0.1, 0.15) is 11.5 Å². The van der Waals surface area contributed by atoms with Crippen molar-refractivity contribution in [2.45, 2.75) is 13.5 Å². The van der Waals surface area contributed by atoms with E-state index in [0.29, 0.717) is 51.0 Å². The molecule has 8 nitrogen and oxygen atoms in total. The summed E-state index contributed by atoms with van der Waals surface area (Å²) in [4.78, 5) is 20.8. The SMILES string of the molecule is COCCNCC(=O)N1CCN(Cc2nc(-c3ccc(C)cc3)no2)CC1.Cl.Cl. The maximum absolute atomic E-state index is 12.2.